The Morgan fingerprint density at radius 3 is 2.78 bits per heavy atom. The van der Waals surface area contributed by atoms with Crippen LogP contribution in [0, 0.1) is 11.8 Å². The topological polar surface area (TPSA) is 93.1 Å². The van der Waals surface area contributed by atoms with E-state index in [4.69, 9.17) is 9.47 Å². The van der Waals surface area contributed by atoms with Crippen LogP contribution < -0.4 is 4.74 Å². The van der Waals surface area contributed by atoms with Gasteiger partial charge in [0.05, 0.1) is 19.3 Å². The van der Waals surface area contributed by atoms with E-state index in [1.807, 2.05) is 0 Å². The minimum atomic E-state index is -1.46. The van der Waals surface area contributed by atoms with Crippen LogP contribution in [-0.2, 0) is 9.53 Å². The van der Waals surface area contributed by atoms with Gasteiger partial charge in [-0.3, -0.25) is 9.59 Å². The lowest BCUT2D eigenvalue weighted by atomic mass is 9.76. The molecule has 6 nitrogen and oxygen atoms in total. The number of benzene rings is 1. The number of carbonyl (C=O) groups excluding carboxylic acids is 2. The Morgan fingerprint density at radius 2 is 2.13 bits per heavy atom. The number of ketones is 1. The van der Waals surface area contributed by atoms with Crippen molar-refractivity contribution in [2.75, 3.05) is 13.7 Å². The van der Waals surface area contributed by atoms with E-state index in [0.29, 0.717) is 24.2 Å². The molecule has 1 aliphatic heterocycles. The minimum Gasteiger partial charge on any atom is -0.508 e. The van der Waals surface area contributed by atoms with Gasteiger partial charge in [-0.1, -0.05) is 6.58 Å². The van der Waals surface area contributed by atoms with Gasteiger partial charge in [-0.15, -0.1) is 0 Å². The van der Waals surface area contributed by atoms with Crippen molar-refractivity contribution in [1.29, 1.82) is 0 Å². The molecule has 1 fully saturated rings. The maximum Gasteiger partial charge on any atom is 0.313 e. The molecule has 0 radical (unpaired) electrons. The summed E-state index contributed by atoms with van der Waals surface area (Å²) >= 11 is 0. The molecule has 0 bridgehead atoms. The van der Waals surface area contributed by atoms with Crippen molar-refractivity contribution in [2.24, 2.45) is 11.8 Å². The first-order valence-electron chi connectivity index (χ1n) is 7.39. The molecule has 1 aromatic rings. The van der Waals surface area contributed by atoms with Crippen molar-refractivity contribution >= 4 is 11.8 Å². The summed E-state index contributed by atoms with van der Waals surface area (Å²) in [6.07, 6.45) is 0.896. The molecular weight excluding hydrogens is 300 g/mol. The summed E-state index contributed by atoms with van der Waals surface area (Å²) in [5.41, 5.74) is -0.776. The van der Waals surface area contributed by atoms with Crippen LogP contribution >= 0.6 is 0 Å². The van der Waals surface area contributed by atoms with E-state index in [2.05, 4.69) is 6.58 Å². The number of rotatable bonds is 3. The van der Waals surface area contributed by atoms with Crippen molar-refractivity contribution in [2.45, 2.75) is 18.4 Å². The highest BCUT2D eigenvalue weighted by atomic mass is 16.5. The molecule has 1 spiro atoms. The lowest BCUT2D eigenvalue weighted by Crippen LogP contribution is -2.52. The van der Waals surface area contributed by atoms with Crippen LogP contribution in [0.4, 0.5) is 0 Å². The Balaban J connectivity index is 2.13. The second-order valence-electron chi connectivity index (χ2n) is 5.93. The molecule has 1 heterocycles. The van der Waals surface area contributed by atoms with Gasteiger partial charge in [0, 0.05) is 5.92 Å². The predicted octanol–water partition coefficient (Wildman–Crippen LogP) is 1.45. The zero-order valence-corrected chi connectivity index (χ0v) is 12.7. The first-order chi connectivity index (χ1) is 11.0. The number of ether oxygens (including phenoxy) is 2. The average Bonchev–Trinajstić information content (AvgIpc) is 3.06. The molecule has 3 rings (SSSR count). The summed E-state index contributed by atoms with van der Waals surface area (Å²) in [7, 11) is 1.27. The second-order valence-corrected chi connectivity index (χ2v) is 5.93. The van der Waals surface area contributed by atoms with E-state index in [1.54, 1.807) is 0 Å². The van der Waals surface area contributed by atoms with E-state index in [0.717, 1.165) is 0 Å². The number of hydrogen-bond donors (Lipinski definition) is 2. The zero-order valence-electron chi connectivity index (χ0n) is 12.7. The fourth-order valence-corrected chi connectivity index (χ4v) is 3.74. The van der Waals surface area contributed by atoms with Gasteiger partial charge in [-0.05, 0) is 36.6 Å². The Kier molecular flexibility index (Phi) is 3.64. The largest absolute Gasteiger partial charge is 0.508 e. The first kappa shape index (κ1) is 15.6. The summed E-state index contributed by atoms with van der Waals surface area (Å²) < 4.78 is 10.8. The smallest absolute Gasteiger partial charge is 0.313 e. The van der Waals surface area contributed by atoms with Crippen LogP contribution in [0.2, 0.25) is 0 Å². The molecule has 0 amide bonds. The number of methoxy groups -OCH3 is 1. The van der Waals surface area contributed by atoms with E-state index in [9.17, 15) is 19.8 Å². The fraction of sp³-hybridized carbons (Fsp3) is 0.412. The highest BCUT2D eigenvalue weighted by Gasteiger charge is 2.64. The molecule has 2 aliphatic rings. The van der Waals surface area contributed by atoms with Crippen LogP contribution in [0.15, 0.2) is 30.4 Å². The molecular formula is C17H18O6. The third-order valence-electron chi connectivity index (χ3n) is 4.80. The molecule has 1 unspecified atom stereocenters. The van der Waals surface area contributed by atoms with Gasteiger partial charge in [0.25, 0.3) is 0 Å². The number of aliphatic hydroxyl groups excluding tert-OH is 1. The molecule has 1 saturated carbocycles. The Morgan fingerprint density at radius 1 is 1.43 bits per heavy atom. The number of fused-ring (bicyclic) bond motifs is 1. The number of phenols is 1. The standard InChI is InChI=1S/C17H18O6/c1-9(8-18)12-4-5-13(16(21)22-2)17(12)15(20)11-7-10(19)3-6-14(11)23-17/h3,6-7,12-13,18-19H,1,4-5,8H2,2H3/t12-,13-,17?/m1/s1. The highest BCUT2D eigenvalue weighted by molar-refractivity contribution is 6.10. The van der Waals surface area contributed by atoms with E-state index in [-0.39, 0.29) is 23.7 Å². The van der Waals surface area contributed by atoms with E-state index < -0.39 is 23.4 Å². The lowest BCUT2D eigenvalue weighted by Gasteiger charge is -2.33. The molecule has 1 aromatic carbocycles. The third-order valence-corrected chi connectivity index (χ3v) is 4.80. The Bertz CT molecular complexity index is 668. The normalized spacial score (nSPS) is 28.5. The quantitative estimate of drug-likeness (QED) is 0.647. The molecule has 3 atom stereocenters. The van der Waals surface area contributed by atoms with Crippen LogP contribution in [0.3, 0.4) is 0 Å². The second kappa shape index (κ2) is 5.38. The number of hydrogen-bond acceptors (Lipinski definition) is 6. The molecule has 0 saturated heterocycles. The van der Waals surface area contributed by atoms with Gasteiger partial charge >= 0.3 is 5.97 Å². The van der Waals surface area contributed by atoms with Crippen LogP contribution in [-0.4, -0.2) is 41.3 Å². The van der Waals surface area contributed by atoms with Crippen molar-refractivity contribution in [3.05, 3.63) is 35.9 Å². The Labute approximate surface area is 133 Å². The van der Waals surface area contributed by atoms with Crippen molar-refractivity contribution in [3.8, 4) is 11.5 Å². The number of Topliss-reactive ketones (excluding diaryl/α,β-unsaturated/α-hetero) is 1. The maximum atomic E-state index is 13.1. The van der Waals surface area contributed by atoms with Crippen molar-refractivity contribution in [3.63, 3.8) is 0 Å². The van der Waals surface area contributed by atoms with Crippen molar-refractivity contribution in [1.82, 2.24) is 0 Å². The van der Waals surface area contributed by atoms with Crippen LogP contribution in [0.5, 0.6) is 11.5 Å². The summed E-state index contributed by atoms with van der Waals surface area (Å²) in [6, 6.07) is 4.25. The van der Waals surface area contributed by atoms with Gasteiger partial charge < -0.3 is 19.7 Å². The van der Waals surface area contributed by atoms with E-state index in [1.165, 1.54) is 25.3 Å². The number of carbonyl (C=O) groups is 2. The summed E-state index contributed by atoms with van der Waals surface area (Å²) in [5.74, 6) is -1.90. The molecule has 1 aliphatic carbocycles. The summed E-state index contributed by atoms with van der Waals surface area (Å²) in [5, 5.41) is 19.1. The number of esters is 1. The number of aromatic hydroxyl groups is 1. The van der Waals surface area contributed by atoms with E-state index >= 15 is 0 Å². The lowest BCUT2D eigenvalue weighted by molar-refractivity contribution is -0.150. The third kappa shape index (κ3) is 2.05. The monoisotopic (exact) mass is 318 g/mol. The summed E-state index contributed by atoms with van der Waals surface area (Å²) in [4.78, 5) is 25.3. The molecule has 2 N–H and O–H groups in total. The predicted molar refractivity (Wildman–Crippen MR) is 80.3 cm³/mol. The van der Waals surface area contributed by atoms with Gasteiger partial charge in [0.1, 0.15) is 17.4 Å². The van der Waals surface area contributed by atoms with Crippen molar-refractivity contribution < 1.29 is 29.3 Å². The van der Waals surface area contributed by atoms with Gasteiger partial charge in [0.2, 0.25) is 5.78 Å². The van der Waals surface area contributed by atoms with Gasteiger partial charge in [0.15, 0.2) is 5.60 Å². The van der Waals surface area contributed by atoms with Crippen LogP contribution in [0.1, 0.15) is 23.2 Å². The average molecular weight is 318 g/mol. The van der Waals surface area contributed by atoms with Gasteiger partial charge in [-0.25, -0.2) is 0 Å². The molecule has 6 heteroatoms. The zero-order chi connectivity index (χ0) is 16.8. The van der Waals surface area contributed by atoms with Gasteiger partial charge in [-0.2, -0.15) is 0 Å². The summed E-state index contributed by atoms with van der Waals surface area (Å²) in [6.45, 7) is 3.53. The molecule has 122 valence electrons. The number of phenolic OH excluding ortho intramolecular Hbond substituents is 1. The molecule has 23 heavy (non-hydrogen) atoms. The Hall–Kier alpha value is -2.34. The highest BCUT2D eigenvalue weighted by Crippen LogP contribution is 2.53. The first-order valence-corrected chi connectivity index (χ1v) is 7.39. The SMILES string of the molecule is C=C(CO)[C@H]1CC[C@H](C(=O)OC)C12Oc1ccc(O)cc1C2=O. The fourth-order valence-electron chi connectivity index (χ4n) is 3.74. The molecule has 0 aromatic heterocycles. The minimum absolute atomic E-state index is 0.0529. The van der Waals surface area contributed by atoms with Crippen LogP contribution in [0.25, 0.3) is 0 Å². The maximum absolute atomic E-state index is 13.1. The number of aliphatic hydroxyl groups is 1.